The Kier molecular flexibility index (Phi) is 6.49. The van der Waals surface area contributed by atoms with Crippen LogP contribution in [0, 0.1) is 18.3 Å². The third-order valence-electron chi connectivity index (χ3n) is 7.10. The highest BCUT2D eigenvalue weighted by Gasteiger charge is 2.47. The second-order valence-corrected chi connectivity index (χ2v) is 9.78. The molecule has 0 amide bonds. The van der Waals surface area contributed by atoms with Gasteiger partial charge in [0.2, 0.25) is 0 Å². The van der Waals surface area contributed by atoms with Crippen LogP contribution >= 0.6 is 0 Å². The molecule has 0 radical (unpaired) electrons. The van der Waals surface area contributed by atoms with Crippen LogP contribution in [0.3, 0.4) is 0 Å². The normalized spacial score (nSPS) is 20.4. The van der Waals surface area contributed by atoms with Crippen LogP contribution in [0.1, 0.15) is 51.5 Å². The number of hydrogen-bond acceptors (Lipinski definition) is 1. The van der Waals surface area contributed by atoms with Gasteiger partial charge in [-0.1, -0.05) is 104 Å². The fourth-order valence-corrected chi connectivity index (χ4v) is 4.63. The number of aryl methyl sites for hydroxylation is 3. The van der Waals surface area contributed by atoms with Gasteiger partial charge in [-0.05, 0) is 66.2 Å². The van der Waals surface area contributed by atoms with Crippen LogP contribution in [-0.4, -0.2) is 11.3 Å². The molecule has 0 saturated heterocycles. The van der Waals surface area contributed by atoms with Crippen molar-refractivity contribution in [2.45, 2.75) is 39.5 Å². The van der Waals surface area contributed by atoms with E-state index in [9.17, 15) is 4.79 Å². The van der Waals surface area contributed by atoms with Gasteiger partial charge in [-0.25, -0.2) is 0 Å². The molecular formula is C31H32O2. The summed E-state index contributed by atoms with van der Waals surface area (Å²) in [5.41, 5.74) is 8.58. The number of fused-ring (bicyclic) bond motifs is 1. The molecule has 0 spiro atoms. The molecule has 2 aliphatic rings. The van der Waals surface area contributed by atoms with Crippen molar-refractivity contribution < 1.29 is 10.3 Å². The SMILES string of the molecule is Cc1ccc(C(=O)c2ccc(CCc3ccc(CC4=CC5CC5(C)C=C4)cc3)cc2)cc1.O. The maximum atomic E-state index is 12.7. The van der Waals surface area contributed by atoms with Crippen LogP contribution in [0.4, 0.5) is 0 Å². The van der Waals surface area contributed by atoms with E-state index < -0.39 is 0 Å². The van der Waals surface area contributed by atoms with E-state index in [1.807, 2.05) is 43.3 Å². The van der Waals surface area contributed by atoms with Crippen LogP contribution < -0.4 is 0 Å². The summed E-state index contributed by atoms with van der Waals surface area (Å²) in [7, 11) is 0. The lowest BCUT2D eigenvalue weighted by molar-refractivity contribution is 0.103. The molecule has 3 aromatic carbocycles. The lowest BCUT2D eigenvalue weighted by Crippen LogP contribution is -2.01. The molecule has 168 valence electrons. The zero-order valence-corrected chi connectivity index (χ0v) is 19.5. The van der Waals surface area contributed by atoms with Crippen molar-refractivity contribution in [2.24, 2.45) is 11.3 Å². The Bertz CT molecular complexity index is 1180. The number of ketones is 1. The minimum atomic E-state index is 0. The summed E-state index contributed by atoms with van der Waals surface area (Å²) in [6, 6.07) is 24.9. The Balaban J connectivity index is 0.00000259. The highest BCUT2D eigenvalue weighted by atomic mass is 16.1. The molecule has 0 aliphatic heterocycles. The summed E-state index contributed by atoms with van der Waals surface area (Å²) in [6.45, 7) is 4.39. The van der Waals surface area contributed by atoms with E-state index in [0.29, 0.717) is 5.41 Å². The van der Waals surface area contributed by atoms with Gasteiger partial charge in [-0.2, -0.15) is 0 Å². The van der Waals surface area contributed by atoms with E-state index in [1.165, 1.54) is 34.2 Å². The fourth-order valence-electron chi connectivity index (χ4n) is 4.63. The molecule has 2 atom stereocenters. The average Bonchev–Trinajstić information content (AvgIpc) is 3.49. The Labute approximate surface area is 197 Å². The minimum absolute atomic E-state index is 0. The summed E-state index contributed by atoms with van der Waals surface area (Å²) in [5.74, 6) is 0.849. The Hall–Kier alpha value is -3.23. The molecule has 2 unspecified atom stereocenters. The number of benzene rings is 3. The molecule has 0 bridgehead atoms. The van der Waals surface area contributed by atoms with Gasteiger partial charge >= 0.3 is 0 Å². The third-order valence-corrected chi connectivity index (χ3v) is 7.10. The minimum Gasteiger partial charge on any atom is -0.412 e. The van der Waals surface area contributed by atoms with Gasteiger partial charge in [0.05, 0.1) is 0 Å². The van der Waals surface area contributed by atoms with E-state index >= 15 is 0 Å². The molecular weight excluding hydrogens is 404 g/mol. The first-order valence-electron chi connectivity index (χ1n) is 11.7. The summed E-state index contributed by atoms with van der Waals surface area (Å²) in [5, 5.41) is 0. The molecule has 2 heteroatoms. The summed E-state index contributed by atoms with van der Waals surface area (Å²) in [4.78, 5) is 12.7. The van der Waals surface area contributed by atoms with Crippen molar-refractivity contribution in [2.75, 3.05) is 0 Å². The van der Waals surface area contributed by atoms with Crippen LogP contribution in [0.25, 0.3) is 0 Å². The Morgan fingerprint density at radius 2 is 1.33 bits per heavy atom. The summed E-state index contributed by atoms with van der Waals surface area (Å²) >= 11 is 0. The quantitative estimate of drug-likeness (QED) is 0.404. The van der Waals surface area contributed by atoms with Crippen molar-refractivity contribution in [3.05, 3.63) is 130 Å². The van der Waals surface area contributed by atoms with Crippen LogP contribution in [0.2, 0.25) is 0 Å². The lowest BCUT2D eigenvalue weighted by Gasteiger charge is -2.12. The number of carbonyl (C=O) groups excluding carboxylic acids is 1. The number of rotatable bonds is 7. The van der Waals surface area contributed by atoms with Crippen molar-refractivity contribution in [1.29, 1.82) is 0 Å². The molecule has 0 heterocycles. The monoisotopic (exact) mass is 436 g/mol. The van der Waals surface area contributed by atoms with Crippen LogP contribution in [-0.2, 0) is 19.3 Å². The molecule has 2 aliphatic carbocycles. The first-order chi connectivity index (χ1) is 15.5. The van der Waals surface area contributed by atoms with Gasteiger partial charge in [-0.15, -0.1) is 0 Å². The first kappa shape index (κ1) is 22.9. The molecule has 1 fully saturated rings. The third kappa shape index (κ3) is 5.23. The molecule has 1 saturated carbocycles. The summed E-state index contributed by atoms with van der Waals surface area (Å²) < 4.78 is 0. The largest absolute Gasteiger partial charge is 0.412 e. The summed E-state index contributed by atoms with van der Waals surface area (Å²) in [6.07, 6.45) is 11.5. The van der Waals surface area contributed by atoms with Gasteiger partial charge in [0.15, 0.2) is 5.78 Å². The number of allylic oxidation sites excluding steroid dienone is 4. The lowest BCUT2D eigenvalue weighted by atomic mass is 9.93. The highest BCUT2D eigenvalue weighted by molar-refractivity contribution is 6.08. The van der Waals surface area contributed by atoms with Crippen molar-refractivity contribution in [1.82, 2.24) is 0 Å². The fraction of sp³-hybridized carbons (Fsp3) is 0.258. The smallest absolute Gasteiger partial charge is 0.193 e. The maximum absolute atomic E-state index is 12.7. The number of hydrogen-bond donors (Lipinski definition) is 0. The zero-order valence-electron chi connectivity index (χ0n) is 19.5. The Morgan fingerprint density at radius 3 is 1.91 bits per heavy atom. The van der Waals surface area contributed by atoms with E-state index in [0.717, 1.165) is 36.3 Å². The van der Waals surface area contributed by atoms with Crippen LogP contribution in [0.15, 0.2) is 96.6 Å². The van der Waals surface area contributed by atoms with Gasteiger partial charge in [0.1, 0.15) is 0 Å². The van der Waals surface area contributed by atoms with E-state index in [2.05, 4.69) is 61.5 Å². The standard InChI is InChI=1S/C31H30O.H2O/c1-22-3-13-27(14-4-22)30(32)28-15-11-24(12-16-28)6-5-23-7-9-25(10-8-23)19-26-17-18-31(2)21-29(31)20-26;/h3-4,7-18,20,29H,5-6,19,21H2,1-2H3;1H2. The van der Waals surface area contributed by atoms with Gasteiger partial charge in [-0.3, -0.25) is 4.79 Å². The van der Waals surface area contributed by atoms with E-state index in [-0.39, 0.29) is 11.3 Å². The molecule has 33 heavy (non-hydrogen) atoms. The van der Waals surface area contributed by atoms with Crippen molar-refractivity contribution in [3.8, 4) is 0 Å². The maximum Gasteiger partial charge on any atom is 0.193 e. The van der Waals surface area contributed by atoms with Gasteiger partial charge < -0.3 is 5.48 Å². The van der Waals surface area contributed by atoms with Gasteiger partial charge in [0, 0.05) is 11.1 Å². The topological polar surface area (TPSA) is 48.6 Å². The molecule has 2 N–H and O–H groups in total. The second kappa shape index (κ2) is 9.33. The highest BCUT2D eigenvalue weighted by Crippen LogP contribution is 2.56. The first-order valence-corrected chi connectivity index (χ1v) is 11.7. The predicted octanol–water partition coefficient (Wildman–Crippen LogP) is 6.25. The molecule has 3 aromatic rings. The second-order valence-electron chi connectivity index (χ2n) is 9.78. The average molecular weight is 437 g/mol. The molecule has 2 nitrogen and oxygen atoms in total. The van der Waals surface area contributed by atoms with Crippen molar-refractivity contribution >= 4 is 5.78 Å². The zero-order chi connectivity index (χ0) is 22.1. The van der Waals surface area contributed by atoms with Crippen molar-refractivity contribution in [3.63, 3.8) is 0 Å². The van der Waals surface area contributed by atoms with Gasteiger partial charge in [0.25, 0.3) is 0 Å². The van der Waals surface area contributed by atoms with E-state index in [1.54, 1.807) is 0 Å². The Morgan fingerprint density at radius 1 is 0.818 bits per heavy atom. The van der Waals surface area contributed by atoms with E-state index in [4.69, 9.17) is 0 Å². The molecule has 5 rings (SSSR count). The molecule has 0 aromatic heterocycles. The number of carbonyl (C=O) groups is 1. The predicted molar refractivity (Wildman–Crippen MR) is 136 cm³/mol. The van der Waals surface area contributed by atoms with Crippen LogP contribution in [0.5, 0.6) is 0 Å².